The molecule has 3 N–H and O–H groups in total. The van der Waals surface area contributed by atoms with Crippen LogP contribution in [0.3, 0.4) is 0 Å². The van der Waals surface area contributed by atoms with Crippen LogP contribution >= 0.6 is 0 Å². The van der Waals surface area contributed by atoms with E-state index >= 15 is 0 Å². The van der Waals surface area contributed by atoms with E-state index in [1.54, 1.807) is 6.92 Å². The summed E-state index contributed by atoms with van der Waals surface area (Å²) in [6.07, 6.45) is 0. The van der Waals surface area contributed by atoms with Crippen molar-refractivity contribution in [1.29, 1.82) is 0 Å². The highest BCUT2D eigenvalue weighted by Crippen LogP contribution is 2.08. The fourth-order valence-electron chi connectivity index (χ4n) is 0.736. The van der Waals surface area contributed by atoms with E-state index in [1.807, 2.05) is 0 Å². The zero-order valence-electron chi connectivity index (χ0n) is 6.16. The minimum Gasteiger partial charge on any atom is -0.504 e. The second-order valence-electron chi connectivity index (χ2n) is 2.37. The molecule has 3 nitrogen and oxygen atoms in total. The summed E-state index contributed by atoms with van der Waals surface area (Å²) in [6.45, 7) is 1.72. The van der Waals surface area contributed by atoms with Crippen LogP contribution in [0.2, 0.25) is 0 Å². The minimum absolute atomic E-state index is 0.273. The lowest BCUT2D eigenvalue weighted by Gasteiger charge is -1.87. The van der Waals surface area contributed by atoms with E-state index in [-0.39, 0.29) is 5.75 Å². The number of anilines is 1. The van der Waals surface area contributed by atoms with Gasteiger partial charge in [0.2, 0.25) is 5.43 Å². The molecule has 0 amide bonds. The number of nitrogens with two attached hydrogens (primary N) is 1. The third-order valence-corrected chi connectivity index (χ3v) is 1.48. The van der Waals surface area contributed by atoms with E-state index in [4.69, 9.17) is 10.8 Å². The molecule has 0 spiro atoms. The number of aryl methyl sites for hydroxylation is 1. The Morgan fingerprint density at radius 2 is 2.09 bits per heavy atom. The molecule has 0 radical (unpaired) electrons. The molecule has 0 saturated heterocycles. The molecule has 0 unspecified atom stereocenters. The molecule has 0 fully saturated rings. The SMILES string of the molecule is Cc1cc(=O)c(O)ccc1N. The fraction of sp³-hybridized carbons (Fsp3) is 0.125. The quantitative estimate of drug-likeness (QED) is 0.572. The number of aromatic hydroxyl groups is 1. The van der Waals surface area contributed by atoms with Crippen molar-refractivity contribution in [1.82, 2.24) is 0 Å². The second kappa shape index (κ2) is 2.62. The Balaban J connectivity index is 3.54. The van der Waals surface area contributed by atoms with Crippen molar-refractivity contribution >= 4 is 5.69 Å². The molecule has 0 heterocycles. The average Bonchev–Trinajstić information content (AvgIpc) is 2.05. The Hall–Kier alpha value is -1.51. The maximum absolute atomic E-state index is 10.9. The molecular weight excluding hydrogens is 142 g/mol. The monoisotopic (exact) mass is 151 g/mol. The maximum atomic E-state index is 10.9. The molecule has 0 atom stereocenters. The van der Waals surface area contributed by atoms with E-state index < -0.39 is 5.43 Å². The third-order valence-electron chi connectivity index (χ3n) is 1.48. The van der Waals surface area contributed by atoms with Gasteiger partial charge in [0.05, 0.1) is 0 Å². The van der Waals surface area contributed by atoms with Crippen LogP contribution in [0.5, 0.6) is 5.75 Å². The lowest BCUT2D eigenvalue weighted by molar-refractivity contribution is 0.471. The van der Waals surface area contributed by atoms with Crippen LogP contribution in [-0.4, -0.2) is 5.11 Å². The van der Waals surface area contributed by atoms with Crippen LogP contribution in [0.4, 0.5) is 5.69 Å². The Kier molecular flexibility index (Phi) is 1.81. The first-order valence-electron chi connectivity index (χ1n) is 3.20. The summed E-state index contributed by atoms with van der Waals surface area (Å²) in [5.74, 6) is -0.273. The zero-order chi connectivity index (χ0) is 8.43. The summed E-state index contributed by atoms with van der Waals surface area (Å²) in [5.41, 5.74) is 6.26. The Labute approximate surface area is 64.1 Å². The second-order valence-corrected chi connectivity index (χ2v) is 2.37. The molecule has 0 saturated carbocycles. The summed E-state index contributed by atoms with van der Waals surface area (Å²) in [4.78, 5) is 10.9. The smallest absolute Gasteiger partial charge is 0.220 e. The van der Waals surface area contributed by atoms with Gasteiger partial charge in [-0.3, -0.25) is 4.79 Å². The van der Waals surface area contributed by atoms with Gasteiger partial charge in [-0.05, 0) is 30.7 Å². The summed E-state index contributed by atoms with van der Waals surface area (Å²) >= 11 is 0. The molecule has 58 valence electrons. The Morgan fingerprint density at radius 1 is 1.45 bits per heavy atom. The highest BCUT2D eigenvalue weighted by molar-refractivity contribution is 5.46. The number of hydrogen-bond donors (Lipinski definition) is 2. The highest BCUT2D eigenvalue weighted by Gasteiger charge is 1.95. The van der Waals surface area contributed by atoms with Gasteiger partial charge in [0.15, 0.2) is 5.75 Å². The Morgan fingerprint density at radius 3 is 2.73 bits per heavy atom. The van der Waals surface area contributed by atoms with Gasteiger partial charge in [0, 0.05) is 5.69 Å². The molecule has 0 aromatic heterocycles. The van der Waals surface area contributed by atoms with Crippen LogP contribution < -0.4 is 11.2 Å². The molecule has 11 heavy (non-hydrogen) atoms. The Bertz CT molecular complexity index is 333. The lowest BCUT2D eigenvalue weighted by Crippen LogP contribution is -1.94. The predicted molar refractivity (Wildman–Crippen MR) is 43.5 cm³/mol. The van der Waals surface area contributed by atoms with Gasteiger partial charge < -0.3 is 10.8 Å². The molecule has 3 heteroatoms. The normalized spacial score (nSPS) is 9.55. The van der Waals surface area contributed by atoms with Crippen LogP contribution in [0.25, 0.3) is 0 Å². The molecule has 0 bridgehead atoms. The average molecular weight is 151 g/mol. The summed E-state index contributed by atoms with van der Waals surface area (Å²) in [7, 11) is 0. The van der Waals surface area contributed by atoms with E-state index in [2.05, 4.69) is 0 Å². The van der Waals surface area contributed by atoms with Gasteiger partial charge in [-0.1, -0.05) is 0 Å². The van der Waals surface area contributed by atoms with Crippen LogP contribution in [0.15, 0.2) is 23.0 Å². The van der Waals surface area contributed by atoms with Crippen LogP contribution in [-0.2, 0) is 0 Å². The van der Waals surface area contributed by atoms with Gasteiger partial charge in [0.1, 0.15) is 0 Å². The number of nitrogen functional groups attached to an aromatic ring is 1. The van der Waals surface area contributed by atoms with E-state index in [9.17, 15) is 4.79 Å². The van der Waals surface area contributed by atoms with Crippen molar-refractivity contribution in [2.45, 2.75) is 6.92 Å². The molecule has 1 rings (SSSR count). The van der Waals surface area contributed by atoms with Gasteiger partial charge in [-0.2, -0.15) is 0 Å². The highest BCUT2D eigenvalue weighted by atomic mass is 16.3. The van der Waals surface area contributed by atoms with E-state index in [0.717, 1.165) is 0 Å². The van der Waals surface area contributed by atoms with E-state index in [0.29, 0.717) is 11.3 Å². The maximum Gasteiger partial charge on any atom is 0.220 e. The number of rotatable bonds is 0. The van der Waals surface area contributed by atoms with Crippen molar-refractivity contribution < 1.29 is 5.11 Å². The molecular formula is C8H9NO2. The van der Waals surface area contributed by atoms with Crippen molar-refractivity contribution in [3.63, 3.8) is 0 Å². The number of hydrogen-bond acceptors (Lipinski definition) is 3. The van der Waals surface area contributed by atoms with Gasteiger partial charge in [-0.25, -0.2) is 0 Å². The molecule has 1 aromatic carbocycles. The zero-order valence-corrected chi connectivity index (χ0v) is 6.16. The van der Waals surface area contributed by atoms with Crippen LogP contribution in [0.1, 0.15) is 5.56 Å². The fourth-order valence-corrected chi connectivity index (χ4v) is 0.736. The predicted octanol–water partition coefficient (Wildman–Crippen LogP) is 0.643. The van der Waals surface area contributed by atoms with Crippen molar-refractivity contribution in [3.05, 3.63) is 34.0 Å². The molecule has 0 aliphatic carbocycles. The van der Waals surface area contributed by atoms with Crippen LogP contribution in [0, 0.1) is 6.92 Å². The van der Waals surface area contributed by atoms with E-state index in [1.165, 1.54) is 18.2 Å². The first kappa shape index (κ1) is 7.60. The molecule has 0 aliphatic rings. The summed E-state index contributed by atoms with van der Waals surface area (Å²) in [6, 6.07) is 4.11. The van der Waals surface area contributed by atoms with Crippen molar-refractivity contribution in [3.8, 4) is 5.75 Å². The first-order chi connectivity index (χ1) is 5.11. The van der Waals surface area contributed by atoms with Gasteiger partial charge in [-0.15, -0.1) is 0 Å². The van der Waals surface area contributed by atoms with Crippen molar-refractivity contribution in [2.24, 2.45) is 0 Å². The van der Waals surface area contributed by atoms with Gasteiger partial charge in [0.25, 0.3) is 0 Å². The first-order valence-corrected chi connectivity index (χ1v) is 3.20. The summed E-state index contributed by atoms with van der Waals surface area (Å²) in [5, 5.41) is 8.96. The molecule has 1 aromatic rings. The molecule has 0 aliphatic heterocycles. The standard InChI is InChI=1S/C8H9NO2/c1-5-4-8(11)7(10)3-2-6(5)9/h2-4H,9H2,1H3,(H,10,11). The van der Waals surface area contributed by atoms with Gasteiger partial charge >= 0.3 is 0 Å². The lowest BCUT2D eigenvalue weighted by atomic mass is 10.3. The largest absolute Gasteiger partial charge is 0.504 e. The topological polar surface area (TPSA) is 63.3 Å². The summed E-state index contributed by atoms with van der Waals surface area (Å²) < 4.78 is 0. The van der Waals surface area contributed by atoms with Crippen molar-refractivity contribution in [2.75, 3.05) is 5.73 Å². The third kappa shape index (κ3) is 1.49. The minimum atomic E-state index is -0.404.